The molecule has 6 heteroatoms. The maximum atomic E-state index is 12.9. The van der Waals surface area contributed by atoms with Crippen LogP contribution in [0.1, 0.15) is 15.9 Å². The number of benzene rings is 1. The van der Waals surface area contributed by atoms with Gasteiger partial charge in [0.05, 0.1) is 11.8 Å². The van der Waals surface area contributed by atoms with Gasteiger partial charge in [0, 0.05) is 22.5 Å². The lowest BCUT2D eigenvalue weighted by atomic mass is 10.2. The van der Waals surface area contributed by atoms with Crippen molar-refractivity contribution in [3.63, 3.8) is 0 Å². The number of esters is 1. The Morgan fingerprint density at radius 1 is 1.37 bits per heavy atom. The number of halogens is 2. The van der Waals surface area contributed by atoms with Gasteiger partial charge in [-0.2, -0.15) is 0 Å². The predicted octanol–water partition coefficient (Wildman–Crippen LogP) is 2.81. The molecule has 19 heavy (non-hydrogen) atoms. The van der Waals surface area contributed by atoms with Crippen molar-refractivity contribution in [2.24, 2.45) is 0 Å². The van der Waals surface area contributed by atoms with E-state index >= 15 is 0 Å². The first-order chi connectivity index (χ1) is 9.06. The predicted molar refractivity (Wildman–Crippen MR) is 69.2 cm³/mol. The third kappa shape index (κ3) is 3.42. The molecule has 0 bridgehead atoms. The average Bonchev–Trinajstić information content (AvgIpc) is 2.36. The molecule has 0 fully saturated rings. The Kier molecular flexibility index (Phi) is 3.97. The number of nitrogens with two attached hydrogens (primary N) is 1. The van der Waals surface area contributed by atoms with E-state index in [0.717, 1.165) is 6.20 Å². The lowest BCUT2D eigenvalue weighted by molar-refractivity contribution is 0.0473. The van der Waals surface area contributed by atoms with Gasteiger partial charge in [0.25, 0.3) is 0 Å². The van der Waals surface area contributed by atoms with E-state index in [1.807, 2.05) is 0 Å². The van der Waals surface area contributed by atoms with Crippen molar-refractivity contribution < 1.29 is 13.9 Å². The van der Waals surface area contributed by atoms with E-state index in [2.05, 4.69) is 4.98 Å². The fourth-order valence-corrected chi connectivity index (χ4v) is 1.66. The van der Waals surface area contributed by atoms with Gasteiger partial charge >= 0.3 is 5.97 Å². The summed E-state index contributed by atoms with van der Waals surface area (Å²) in [5.41, 5.74) is 6.56. The molecule has 0 aliphatic rings. The molecule has 98 valence electrons. The number of carbonyl (C=O) groups is 1. The lowest BCUT2D eigenvalue weighted by Gasteiger charge is -2.07. The van der Waals surface area contributed by atoms with Crippen LogP contribution in [0, 0.1) is 5.82 Å². The summed E-state index contributed by atoms with van der Waals surface area (Å²) in [5.74, 6) is -1.09. The Balaban J connectivity index is 2.05. The van der Waals surface area contributed by atoms with Gasteiger partial charge in [0.2, 0.25) is 0 Å². The van der Waals surface area contributed by atoms with Crippen molar-refractivity contribution in [2.45, 2.75) is 6.61 Å². The number of carbonyl (C=O) groups excluding carboxylic acids is 1. The van der Waals surface area contributed by atoms with Crippen molar-refractivity contribution in [3.8, 4) is 0 Å². The van der Waals surface area contributed by atoms with Gasteiger partial charge in [0.15, 0.2) is 0 Å². The van der Waals surface area contributed by atoms with Crippen LogP contribution in [0.3, 0.4) is 0 Å². The van der Waals surface area contributed by atoms with Crippen molar-refractivity contribution in [1.29, 1.82) is 0 Å². The summed E-state index contributed by atoms with van der Waals surface area (Å²) in [4.78, 5) is 15.4. The number of nitrogens with zero attached hydrogens (tertiary/aromatic N) is 1. The third-order valence-corrected chi connectivity index (χ3v) is 2.60. The van der Waals surface area contributed by atoms with E-state index in [1.54, 1.807) is 0 Å². The topological polar surface area (TPSA) is 65.2 Å². The van der Waals surface area contributed by atoms with E-state index in [1.165, 1.54) is 30.5 Å². The molecule has 0 spiro atoms. The van der Waals surface area contributed by atoms with Gasteiger partial charge in [-0.15, -0.1) is 0 Å². The first-order valence-corrected chi connectivity index (χ1v) is 5.75. The Hall–Kier alpha value is -2.14. The molecule has 1 aromatic carbocycles. The minimum absolute atomic E-state index is 0.0777. The molecule has 2 N–H and O–H groups in total. The van der Waals surface area contributed by atoms with Crippen LogP contribution in [0.25, 0.3) is 0 Å². The molecule has 2 aromatic rings. The van der Waals surface area contributed by atoms with E-state index in [0.29, 0.717) is 10.6 Å². The van der Waals surface area contributed by atoms with Crippen molar-refractivity contribution >= 4 is 23.3 Å². The summed E-state index contributed by atoms with van der Waals surface area (Å²) < 4.78 is 17.9. The summed E-state index contributed by atoms with van der Waals surface area (Å²) in [6, 6.07) is 5.72. The first-order valence-electron chi connectivity index (χ1n) is 5.38. The van der Waals surface area contributed by atoms with E-state index in [4.69, 9.17) is 22.1 Å². The molecule has 1 heterocycles. The molecule has 0 aliphatic heterocycles. The molecular formula is C13H10ClFN2O2. The van der Waals surface area contributed by atoms with Gasteiger partial charge in [-0.25, -0.2) is 9.18 Å². The highest BCUT2D eigenvalue weighted by Gasteiger charge is 2.11. The minimum atomic E-state index is -0.599. The largest absolute Gasteiger partial charge is 0.457 e. The number of hydrogen-bond donors (Lipinski definition) is 1. The summed E-state index contributed by atoms with van der Waals surface area (Å²) in [7, 11) is 0. The number of pyridine rings is 1. The molecule has 2 rings (SSSR count). The van der Waals surface area contributed by atoms with E-state index in [9.17, 15) is 9.18 Å². The average molecular weight is 281 g/mol. The molecule has 0 atom stereocenters. The molecule has 0 saturated heterocycles. The Morgan fingerprint density at radius 2 is 2.16 bits per heavy atom. The van der Waals surface area contributed by atoms with Crippen LogP contribution in [0.2, 0.25) is 5.02 Å². The summed E-state index contributed by atoms with van der Waals surface area (Å²) in [5, 5.41) is 0.434. The second kappa shape index (κ2) is 5.67. The fraction of sp³-hybridized carbons (Fsp3) is 0.0769. The molecular weight excluding hydrogens is 271 g/mol. The lowest BCUT2D eigenvalue weighted by Crippen LogP contribution is -2.08. The van der Waals surface area contributed by atoms with Crippen molar-refractivity contribution in [2.75, 3.05) is 5.73 Å². The number of hydrogen-bond acceptors (Lipinski definition) is 4. The molecule has 0 saturated carbocycles. The van der Waals surface area contributed by atoms with E-state index in [-0.39, 0.29) is 17.9 Å². The molecule has 0 amide bonds. The SMILES string of the molecule is Nc1cc(Cl)ccc1C(=O)OCc1cncc(F)c1. The summed E-state index contributed by atoms with van der Waals surface area (Å²) >= 11 is 5.73. The summed E-state index contributed by atoms with van der Waals surface area (Å²) in [6.07, 6.45) is 2.49. The highest BCUT2D eigenvalue weighted by molar-refractivity contribution is 6.31. The molecule has 4 nitrogen and oxygen atoms in total. The zero-order chi connectivity index (χ0) is 13.8. The molecule has 0 radical (unpaired) electrons. The Morgan fingerprint density at radius 3 is 2.84 bits per heavy atom. The van der Waals surface area contributed by atoms with Gasteiger partial charge in [0.1, 0.15) is 12.4 Å². The van der Waals surface area contributed by atoms with Gasteiger partial charge in [-0.3, -0.25) is 4.98 Å². The zero-order valence-corrected chi connectivity index (χ0v) is 10.5. The van der Waals surface area contributed by atoms with Crippen LogP contribution in [0.15, 0.2) is 36.7 Å². The van der Waals surface area contributed by atoms with Gasteiger partial charge in [-0.05, 0) is 24.3 Å². The second-order valence-corrected chi connectivity index (χ2v) is 4.26. The van der Waals surface area contributed by atoms with Gasteiger partial charge in [-0.1, -0.05) is 11.6 Å². The van der Waals surface area contributed by atoms with Crippen LogP contribution in [0.5, 0.6) is 0 Å². The van der Waals surface area contributed by atoms with Crippen molar-refractivity contribution in [3.05, 3.63) is 58.6 Å². The molecule has 0 aliphatic carbocycles. The number of ether oxygens (including phenoxy) is 1. The number of rotatable bonds is 3. The van der Waals surface area contributed by atoms with E-state index < -0.39 is 11.8 Å². The maximum Gasteiger partial charge on any atom is 0.340 e. The van der Waals surface area contributed by atoms with Crippen molar-refractivity contribution in [1.82, 2.24) is 4.98 Å². The second-order valence-electron chi connectivity index (χ2n) is 3.82. The minimum Gasteiger partial charge on any atom is -0.457 e. The molecule has 0 unspecified atom stereocenters. The number of aromatic nitrogens is 1. The fourth-order valence-electron chi connectivity index (χ4n) is 1.48. The van der Waals surface area contributed by atoms with Gasteiger partial charge < -0.3 is 10.5 Å². The first kappa shape index (κ1) is 13.3. The van der Waals surface area contributed by atoms with Crippen LogP contribution in [-0.2, 0) is 11.3 Å². The maximum absolute atomic E-state index is 12.9. The highest BCUT2D eigenvalue weighted by atomic mass is 35.5. The number of nitrogen functional groups attached to an aromatic ring is 1. The Labute approximate surface area is 114 Å². The standard InChI is InChI=1S/C13H10ClFN2O2/c14-9-1-2-11(12(16)4-9)13(18)19-7-8-3-10(15)6-17-5-8/h1-6H,7,16H2. The van der Waals surface area contributed by atoms with Crippen LogP contribution >= 0.6 is 11.6 Å². The van der Waals surface area contributed by atoms with Crippen LogP contribution in [0.4, 0.5) is 10.1 Å². The molecule has 1 aromatic heterocycles. The Bertz CT molecular complexity index is 619. The normalized spacial score (nSPS) is 10.2. The smallest absolute Gasteiger partial charge is 0.340 e. The number of anilines is 1. The zero-order valence-electron chi connectivity index (χ0n) is 9.77. The summed E-state index contributed by atoms with van der Waals surface area (Å²) in [6.45, 7) is -0.0777. The highest BCUT2D eigenvalue weighted by Crippen LogP contribution is 2.19. The van der Waals surface area contributed by atoms with Crippen LogP contribution < -0.4 is 5.73 Å². The monoisotopic (exact) mass is 280 g/mol. The third-order valence-electron chi connectivity index (χ3n) is 2.36. The quantitative estimate of drug-likeness (QED) is 0.693. The van der Waals surface area contributed by atoms with Crippen LogP contribution in [-0.4, -0.2) is 11.0 Å².